The summed E-state index contributed by atoms with van der Waals surface area (Å²) >= 11 is 0. The Morgan fingerprint density at radius 3 is 1.67 bits per heavy atom. The molecule has 0 fully saturated rings. The zero-order chi connectivity index (χ0) is 15.8. The fourth-order valence-electron chi connectivity index (χ4n) is 2.28. The van der Waals surface area contributed by atoms with E-state index in [1.165, 1.54) is 4.90 Å². The second-order valence-electron chi connectivity index (χ2n) is 6.05. The van der Waals surface area contributed by atoms with Crippen molar-refractivity contribution in [2.24, 2.45) is 0 Å². The van der Waals surface area contributed by atoms with E-state index in [2.05, 4.69) is 13.2 Å². The molecule has 2 bridgehead atoms. The van der Waals surface area contributed by atoms with E-state index in [1.54, 1.807) is 36.4 Å². The van der Waals surface area contributed by atoms with Gasteiger partial charge < -0.3 is 0 Å². The summed E-state index contributed by atoms with van der Waals surface area (Å²) in [4.78, 5) is 26.5. The second kappa shape index (κ2) is 5.17. The van der Waals surface area contributed by atoms with Gasteiger partial charge in [0.15, 0.2) is 0 Å². The van der Waals surface area contributed by atoms with E-state index in [0.717, 1.165) is 5.22 Å². The van der Waals surface area contributed by atoms with E-state index in [-0.39, 0.29) is 11.8 Å². The summed E-state index contributed by atoms with van der Waals surface area (Å²) in [6.45, 7) is 13.3. The molecule has 1 aromatic carbocycles. The normalized spacial score (nSPS) is 14.0. The minimum absolute atomic E-state index is 0.311. The lowest BCUT2D eigenvalue weighted by atomic mass is 9.96. The Morgan fingerprint density at radius 2 is 1.29 bits per heavy atom. The van der Waals surface area contributed by atoms with Crippen LogP contribution in [0.25, 0.3) is 13.2 Å². The molecule has 0 aliphatic carbocycles. The average molecular weight is 281 g/mol. The summed E-state index contributed by atoms with van der Waals surface area (Å²) in [6, 6.07) is 10.5. The highest BCUT2D eigenvalue weighted by Gasteiger charge is 2.37. The zero-order valence-electron chi connectivity index (χ0n) is 12.6. The van der Waals surface area contributed by atoms with E-state index in [4.69, 9.17) is 0 Å². The van der Waals surface area contributed by atoms with Gasteiger partial charge in [-0.2, -0.15) is 0 Å². The van der Waals surface area contributed by atoms with Crippen LogP contribution in [-0.2, 0) is 0 Å². The van der Waals surface area contributed by atoms with E-state index < -0.39 is 5.54 Å². The highest BCUT2D eigenvalue weighted by atomic mass is 16.2. The fraction of sp³-hybridized carbons (Fsp3) is 0.222. The first kappa shape index (κ1) is 15.0. The molecular formula is C18H19NO2. The molecule has 1 aliphatic heterocycles. The minimum Gasteiger partial charge on any atom is -0.269 e. The predicted octanol–water partition coefficient (Wildman–Crippen LogP) is 2.03. The summed E-state index contributed by atoms with van der Waals surface area (Å²) in [6.07, 6.45) is 0. The van der Waals surface area contributed by atoms with Crippen molar-refractivity contribution < 1.29 is 9.59 Å². The van der Waals surface area contributed by atoms with Gasteiger partial charge in [-0.3, -0.25) is 14.5 Å². The third-order valence-electron chi connectivity index (χ3n) is 3.33. The van der Waals surface area contributed by atoms with Gasteiger partial charge in [-0.15, -0.1) is 0 Å². The molecular weight excluding hydrogens is 262 g/mol. The molecule has 0 N–H and O–H groups in total. The molecule has 0 radical (unpaired) electrons. The first-order chi connectivity index (χ1) is 9.73. The molecule has 0 spiro atoms. The van der Waals surface area contributed by atoms with E-state index >= 15 is 0 Å². The Bertz CT molecular complexity index is 717. The van der Waals surface area contributed by atoms with E-state index in [9.17, 15) is 9.59 Å². The molecule has 108 valence electrons. The van der Waals surface area contributed by atoms with Crippen LogP contribution in [-0.4, -0.2) is 22.3 Å². The smallest absolute Gasteiger partial charge is 0.261 e. The van der Waals surface area contributed by atoms with Crippen molar-refractivity contribution >= 4 is 25.0 Å². The Labute approximate surface area is 124 Å². The van der Waals surface area contributed by atoms with Crippen LogP contribution in [0.2, 0.25) is 0 Å². The molecule has 1 aliphatic rings. The molecule has 2 rings (SSSR count). The van der Waals surface area contributed by atoms with Crippen LogP contribution in [0, 0.1) is 0 Å². The van der Waals surface area contributed by atoms with Gasteiger partial charge in [0.2, 0.25) is 0 Å². The standard InChI is InChI=1S/C18H19NO2/c1-12-8-6-10-14-13(2)15(11-7-9-12)17(21)19(16(14)20)18(3,4)5/h6-11H,1-2H2,3-5H3. The maximum Gasteiger partial charge on any atom is 0.261 e. The molecule has 21 heavy (non-hydrogen) atoms. The molecule has 1 aromatic rings. The van der Waals surface area contributed by atoms with Crippen molar-refractivity contribution in [2.75, 3.05) is 0 Å². The maximum absolute atomic E-state index is 12.6. The lowest BCUT2D eigenvalue weighted by Crippen LogP contribution is -2.54. The van der Waals surface area contributed by atoms with Gasteiger partial charge in [0.1, 0.15) is 0 Å². The molecule has 3 heteroatoms. The molecule has 0 aromatic heterocycles. The van der Waals surface area contributed by atoms with Gasteiger partial charge >= 0.3 is 0 Å². The van der Waals surface area contributed by atoms with Crippen molar-refractivity contribution in [1.82, 2.24) is 4.90 Å². The number of carbonyl (C=O) groups excluding carboxylic acids is 2. The van der Waals surface area contributed by atoms with Crippen molar-refractivity contribution in [3.63, 3.8) is 0 Å². The summed E-state index contributed by atoms with van der Waals surface area (Å²) in [5.41, 5.74) is 0.291. The number of hydrogen-bond donors (Lipinski definition) is 0. The number of nitrogens with zero attached hydrogens (tertiary/aromatic N) is 1. The van der Waals surface area contributed by atoms with Crippen LogP contribution >= 0.6 is 0 Å². The lowest BCUT2D eigenvalue weighted by molar-refractivity contribution is 0.0453. The van der Waals surface area contributed by atoms with Gasteiger partial charge in [-0.05, 0) is 43.3 Å². The molecule has 3 nitrogen and oxygen atoms in total. The number of fused-ring (bicyclic) bond motifs is 2. The number of imide groups is 1. The van der Waals surface area contributed by atoms with Crippen molar-refractivity contribution in [3.05, 3.63) is 58.0 Å². The molecule has 1 heterocycles. The van der Waals surface area contributed by atoms with E-state index in [1.807, 2.05) is 20.8 Å². The van der Waals surface area contributed by atoms with Crippen LogP contribution in [0.4, 0.5) is 0 Å². The highest BCUT2D eigenvalue weighted by Crippen LogP contribution is 2.21. The Kier molecular flexibility index (Phi) is 3.69. The van der Waals surface area contributed by atoms with Crippen LogP contribution in [0.3, 0.4) is 0 Å². The monoisotopic (exact) mass is 281 g/mol. The Balaban J connectivity index is 2.88. The number of amides is 2. The SMILES string of the molecule is C=c1cccc2c(=C)c(ccc1)C(=O)N(C(C)(C)C)C2=O. The average Bonchev–Trinajstić information content (AvgIpc) is 2.35. The van der Waals surface area contributed by atoms with Crippen LogP contribution < -0.4 is 10.4 Å². The largest absolute Gasteiger partial charge is 0.269 e. The third kappa shape index (κ3) is 2.72. The molecule has 0 unspecified atom stereocenters. The van der Waals surface area contributed by atoms with Crippen molar-refractivity contribution in [1.29, 1.82) is 0 Å². The zero-order valence-corrected chi connectivity index (χ0v) is 12.6. The van der Waals surface area contributed by atoms with Gasteiger partial charge in [0.25, 0.3) is 11.8 Å². The summed E-state index contributed by atoms with van der Waals surface area (Å²) in [5.74, 6) is -0.621. The first-order valence-electron chi connectivity index (χ1n) is 6.77. The second-order valence-corrected chi connectivity index (χ2v) is 6.05. The maximum atomic E-state index is 12.6. The topological polar surface area (TPSA) is 37.4 Å². The Hall–Kier alpha value is -2.42. The lowest BCUT2D eigenvalue weighted by Gasteiger charge is -2.36. The molecule has 0 atom stereocenters. The first-order valence-corrected chi connectivity index (χ1v) is 6.77. The fourth-order valence-corrected chi connectivity index (χ4v) is 2.28. The minimum atomic E-state index is -0.589. The van der Waals surface area contributed by atoms with Crippen LogP contribution in [0.15, 0.2) is 36.4 Å². The molecule has 0 saturated carbocycles. The van der Waals surface area contributed by atoms with Gasteiger partial charge in [-0.25, -0.2) is 0 Å². The third-order valence-corrected chi connectivity index (χ3v) is 3.33. The molecule has 0 saturated heterocycles. The quantitative estimate of drug-likeness (QED) is 0.682. The van der Waals surface area contributed by atoms with Crippen molar-refractivity contribution in [3.8, 4) is 0 Å². The van der Waals surface area contributed by atoms with Crippen LogP contribution in [0.1, 0.15) is 41.5 Å². The summed E-state index contributed by atoms with van der Waals surface area (Å²) in [7, 11) is 0. The Morgan fingerprint density at radius 1 is 0.857 bits per heavy atom. The highest BCUT2D eigenvalue weighted by molar-refractivity contribution is 6.14. The van der Waals surface area contributed by atoms with Crippen molar-refractivity contribution in [2.45, 2.75) is 26.3 Å². The van der Waals surface area contributed by atoms with Gasteiger partial charge in [0.05, 0.1) is 0 Å². The number of carbonyl (C=O) groups is 2. The van der Waals surface area contributed by atoms with Gasteiger partial charge in [0, 0.05) is 16.7 Å². The number of hydrogen-bond acceptors (Lipinski definition) is 2. The van der Waals surface area contributed by atoms with Gasteiger partial charge in [-0.1, -0.05) is 37.4 Å². The molecule has 2 amide bonds. The summed E-state index contributed by atoms with van der Waals surface area (Å²) in [5, 5.41) is 1.26. The number of rotatable bonds is 0. The predicted molar refractivity (Wildman–Crippen MR) is 84.6 cm³/mol. The summed E-state index contributed by atoms with van der Waals surface area (Å²) < 4.78 is 0. The van der Waals surface area contributed by atoms with Crippen LogP contribution in [0.5, 0.6) is 0 Å². The van der Waals surface area contributed by atoms with E-state index in [0.29, 0.717) is 16.3 Å².